The molecule has 2 heteroatoms. The van der Waals surface area contributed by atoms with Crippen LogP contribution in [-0.4, -0.2) is 19.0 Å². The second-order valence-corrected chi connectivity index (χ2v) is 1.50. The van der Waals surface area contributed by atoms with Crippen LogP contribution in [0.1, 0.15) is 0 Å². The van der Waals surface area contributed by atoms with E-state index in [9.17, 15) is 0 Å². The maximum atomic E-state index is 3.93. The lowest BCUT2D eigenvalue weighted by atomic mass is 10.3. The fourth-order valence-corrected chi connectivity index (χ4v) is 0.500. The van der Waals surface area contributed by atoms with Crippen molar-refractivity contribution in [3.8, 4) is 0 Å². The summed E-state index contributed by atoms with van der Waals surface area (Å²) >= 11 is 0. The fraction of sp³-hybridized carbons (Fsp3) is 0.143. The van der Waals surface area contributed by atoms with E-state index in [1.165, 1.54) is 0 Å². The summed E-state index contributed by atoms with van der Waals surface area (Å²) < 4.78 is 0. The number of rotatable bonds is 1. The van der Waals surface area contributed by atoms with Crippen molar-refractivity contribution in [2.45, 2.75) is 0 Å². The zero-order valence-electron chi connectivity index (χ0n) is 5.13. The minimum Gasteiger partial charge on any atom is -0.294 e. The molecule has 0 bridgehead atoms. The molecular formula is C7H6N2. The summed E-state index contributed by atoms with van der Waals surface area (Å²) in [6, 6.07) is 0. The van der Waals surface area contributed by atoms with Crippen LogP contribution in [0.15, 0.2) is 33.7 Å². The van der Waals surface area contributed by atoms with Crippen LogP contribution in [0.2, 0.25) is 0 Å². The van der Waals surface area contributed by atoms with E-state index in [-0.39, 0.29) is 0 Å². The topological polar surface area (TPSA) is 24.7 Å². The quantitative estimate of drug-likeness (QED) is 0.362. The third kappa shape index (κ3) is 1.54. The van der Waals surface area contributed by atoms with Crippen molar-refractivity contribution in [1.82, 2.24) is 0 Å². The van der Waals surface area contributed by atoms with Gasteiger partial charge in [-0.15, -0.1) is 0 Å². The normalized spacial score (nSPS) is 15.0. The first-order valence-corrected chi connectivity index (χ1v) is 2.59. The Kier molecular flexibility index (Phi) is 1.81. The second kappa shape index (κ2) is 2.83. The minimum atomic E-state index is 0.816. The van der Waals surface area contributed by atoms with Gasteiger partial charge >= 0.3 is 0 Å². The van der Waals surface area contributed by atoms with Crippen molar-refractivity contribution in [2.75, 3.05) is 7.05 Å². The standard InChI is InChI=1S/C7H6N2/c1-8-6-7-4-2-3-5-9-7/h4-6H,1H3. The molecule has 0 amide bonds. The molecule has 0 saturated carbocycles. The van der Waals surface area contributed by atoms with Crippen LogP contribution in [0.5, 0.6) is 0 Å². The van der Waals surface area contributed by atoms with E-state index in [0.29, 0.717) is 0 Å². The second-order valence-electron chi connectivity index (χ2n) is 1.50. The molecule has 9 heavy (non-hydrogen) atoms. The summed E-state index contributed by atoms with van der Waals surface area (Å²) in [5.74, 6) is 0. The highest BCUT2D eigenvalue weighted by atomic mass is 14.7. The summed E-state index contributed by atoms with van der Waals surface area (Å²) in [5.41, 5.74) is 6.28. The fourth-order valence-electron chi connectivity index (χ4n) is 0.500. The van der Waals surface area contributed by atoms with Gasteiger partial charge in [-0.05, 0) is 5.73 Å². The Labute approximate surface area is 53.6 Å². The Morgan fingerprint density at radius 1 is 1.67 bits per heavy atom. The summed E-state index contributed by atoms with van der Waals surface area (Å²) in [6.45, 7) is 0. The van der Waals surface area contributed by atoms with Gasteiger partial charge in [0.1, 0.15) is 0 Å². The summed E-state index contributed by atoms with van der Waals surface area (Å²) in [4.78, 5) is 7.72. The van der Waals surface area contributed by atoms with Crippen molar-refractivity contribution in [2.24, 2.45) is 9.98 Å². The average Bonchev–Trinajstić information content (AvgIpc) is 1.91. The van der Waals surface area contributed by atoms with Gasteiger partial charge in [-0.1, -0.05) is 5.73 Å². The zero-order chi connectivity index (χ0) is 6.53. The molecule has 0 aliphatic carbocycles. The molecule has 0 fully saturated rings. The van der Waals surface area contributed by atoms with Gasteiger partial charge in [-0.25, -0.2) is 4.99 Å². The van der Waals surface area contributed by atoms with Gasteiger partial charge in [0.2, 0.25) is 0 Å². The first-order chi connectivity index (χ1) is 4.43. The van der Waals surface area contributed by atoms with Gasteiger partial charge in [-0.2, -0.15) is 0 Å². The molecule has 1 aliphatic rings. The van der Waals surface area contributed by atoms with Crippen LogP contribution in [0.3, 0.4) is 0 Å². The van der Waals surface area contributed by atoms with E-state index >= 15 is 0 Å². The predicted molar refractivity (Wildman–Crippen MR) is 38.0 cm³/mol. The Morgan fingerprint density at radius 2 is 2.56 bits per heavy atom. The Balaban J connectivity index is 2.80. The highest BCUT2D eigenvalue weighted by molar-refractivity contribution is 6.36. The van der Waals surface area contributed by atoms with Crippen LogP contribution in [0, 0.1) is 0 Å². The maximum absolute atomic E-state index is 3.93. The highest BCUT2D eigenvalue weighted by Gasteiger charge is 1.84. The van der Waals surface area contributed by atoms with Crippen LogP contribution >= 0.6 is 0 Å². The number of nitrogens with zero attached hydrogens (tertiary/aromatic N) is 2. The van der Waals surface area contributed by atoms with E-state index in [1.54, 1.807) is 25.5 Å². The van der Waals surface area contributed by atoms with Crippen molar-refractivity contribution >= 4 is 11.9 Å². The summed E-state index contributed by atoms with van der Waals surface area (Å²) in [7, 11) is 1.71. The monoisotopic (exact) mass is 118 g/mol. The van der Waals surface area contributed by atoms with Gasteiger partial charge in [0.05, 0.1) is 11.9 Å². The van der Waals surface area contributed by atoms with Gasteiger partial charge in [0, 0.05) is 19.3 Å². The van der Waals surface area contributed by atoms with Crippen LogP contribution in [0.4, 0.5) is 0 Å². The van der Waals surface area contributed by atoms with E-state index in [2.05, 4.69) is 21.4 Å². The maximum Gasteiger partial charge on any atom is 0.0898 e. The minimum absolute atomic E-state index is 0.816. The first-order valence-electron chi connectivity index (χ1n) is 2.59. The van der Waals surface area contributed by atoms with E-state index in [0.717, 1.165) is 5.71 Å². The Morgan fingerprint density at radius 3 is 3.11 bits per heavy atom. The van der Waals surface area contributed by atoms with Crippen molar-refractivity contribution in [3.63, 3.8) is 0 Å². The van der Waals surface area contributed by atoms with Crippen LogP contribution in [0.25, 0.3) is 0 Å². The third-order valence-corrected chi connectivity index (χ3v) is 0.843. The molecule has 0 atom stereocenters. The van der Waals surface area contributed by atoms with Gasteiger partial charge in [-0.3, -0.25) is 4.99 Å². The lowest BCUT2D eigenvalue weighted by molar-refractivity contribution is 1.47. The molecule has 0 aromatic heterocycles. The van der Waals surface area contributed by atoms with E-state index in [1.807, 2.05) is 0 Å². The van der Waals surface area contributed by atoms with Crippen LogP contribution < -0.4 is 0 Å². The van der Waals surface area contributed by atoms with Gasteiger partial charge < -0.3 is 0 Å². The van der Waals surface area contributed by atoms with E-state index in [4.69, 9.17) is 0 Å². The number of hydrogen-bond donors (Lipinski definition) is 0. The van der Waals surface area contributed by atoms with Crippen molar-refractivity contribution in [1.29, 1.82) is 0 Å². The van der Waals surface area contributed by atoms with Crippen molar-refractivity contribution in [3.05, 3.63) is 23.7 Å². The molecule has 0 radical (unpaired) electrons. The van der Waals surface area contributed by atoms with Crippen LogP contribution in [-0.2, 0) is 0 Å². The molecule has 0 aromatic rings. The lowest BCUT2D eigenvalue weighted by Gasteiger charge is -1.85. The number of allylic oxidation sites excluding steroid dienone is 1. The smallest absolute Gasteiger partial charge is 0.0898 e. The zero-order valence-corrected chi connectivity index (χ0v) is 5.13. The molecule has 44 valence electrons. The molecule has 1 heterocycles. The molecule has 1 aliphatic heterocycles. The molecule has 0 aromatic carbocycles. The first kappa shape index (κ1) is 5.77. The lowest BCUT2D eigenvalue weighted by Crippen LogP contribution is -1.93. The molecular weight excluding hydrogens is 112 g/mol. The molecule has 0 saturated heterocycles. The predicted octanol–water partition coefficient (Wildman–Crippen LogP) is 0.965. The molecule has 0 N–H and O–H groups in total. The average molecular weight is 118 g/mol. The van der Waals surface area contributed by atoms with Crippen molar-refractivity contribution < 1.29 is 0 Å². The third-order valence-electron chi connectivity index (χ3n) is 0.843. The Hall–Kier alpha value is -1.36. The summed E-state index contributed by atoms with van der Waals surface area (Å²) in [5, 5.41) is 0. The Bertz CT molecular complexity index is 246. The molecule has 2 nitrogen and oxygen atoms in total. The molecule has 1 rings (SSSR count). The number of hydrogen-bond acceptors (Lipinski definition) is 2. The SMILES string of the molecule is CN=CC1=NC=C=C=C1. The van der Waals surface area contributed by atoms with E-state index < -0.39 is 0 Å². The molecule has 0 spiro atoms. The summed E-state index contributed by atoms with van der Waals surface area (Å²) in [6.07, 6.45) is 4.97. The highest BCUT2D eigenvalue weighted by Crippen LogP contribution is 1.83. The number of aliphatic imine (C=N–C) groups is 2. The largest absolute Gasteiger partial charge is 0.294 e. The van der Waals surface area contributed by atoms with Gasteiger partial charge in [0.15, 0.2) is 0 Å². The molecule has 0 unspecified atom stereocenters. The van der Waals surface area contributed by atoms with Gasteiger partial charge in [0.25, 0.3) is 0 Å².